The van der Waals surface area contributed by atoms with Crippen molar-refractivity contribution in [2.24, 2.45) is 11.3 Å². The van der Waals surface area contributed by atoms with E-state index in [1.54, 1.807) is 0 Å². The standard InChI is InChI=1S/C15H29NOS/c1-13-4-6-15(12-17,7-5-13)11-16-8-9-18-14(2,3)10-16/h13,17H,4-12H2,1-3H3. The van der Waals surface area contributed by atoms with Crippen LogP contribution in [0, 0.1) is 11.3 Å². The van der Waals surface area contributed by atoms with Crippen molar-refractivity contribution in [3.63, 3.8) is 0 Å². The van der Waals surface area contributed by atoms with Crippen molar-refractivity contribution >= 4 is 11.8 Å². The minimum Gasteiger partial charge on any atom is -0.396 e. The molecule has 1 saturated carbocycles. The van der Waals surface area contributed by atoms with Crippen LogP contribution in [0.4, 0.5) is 0 Å². The predicted molar refractivity (Wildman–Crippen MR) is 80.1 cm³/mol. The lowest BCUT2D eigenvalue weighted by Crippen LogP contribution is -2.49. The van der Waals surface area contributed by atoms with E-state index >= 15 is 0 Å². The molecule has 0 atom stereocenters. The normalized spacial score (nSPS) is 37.7. The second-order valence-electron chi connectivity index (χ2n) is 7.16. The smallest absolute Gasteiger partial charge is 0.0499 e. The van der Waals surface area contributed by atoms with E-state index in [-0.39, 0.29) is 5.41 Å². The van der Waals surface area contributed by atoms with E-state index in [4.69, 9.17) is 0 Å². The van der Waals surface area contributed by atoms with Crippen LogP contribution >= 0.6 is 11.8 Å². The fraction of sp³-hybridized carbons (Fsp3) is 1.00. The van der Waals surface area contributed by atoms with Gasteiger partial charge in [-0.3, -0.25) is 0 Å². The third kappa shape index (κ3) is 3.64. The van der Waals surface area contributed by atoms with Crippen LogP contribution in [0.15, 0.2) is 0 Å². The van der Waals surface area contributed by atoms with Crippen LogP contribution in [0.25, 0.3) is 0 Å². The summed E-state index contributed by atoms with van der Waals surface area (Å²) in [6.45, 7) is 10.9. The summed E-state index contributed by atoms with van der Waals surface area (Å²) in [4.78, 5) is 2.60. The van der Waals surface area contributed by atoms with E-state index in [0.29, 0.717) is 11.4 Å². The fourth-order valence-electron chi connectivity index (χ4n) is 3.46. The van der Waals surface area contributed by atoms with Crippen LogP contribution < -0.4 is 0 Å². The summed E-state index contributed by atoms with van der Waals surface area (Å²) in [5.74, 6) is 2.10. The maximum Gasteiger partial charge on any atom is 0.0499 e. The molecule has 0 unspecified atom stereocenters. The highest BCUT2D eigenvalue weighted by Crippen LogP contribution is 2.40. The van der Waals surface area contributed by atoms with Gasteiger partial charge in [-0.1, -0.05) is 19.8 Å². The van der Waals surface area contributed by atoms with Gasteiger partial charge in [0.2, 0.25) is 0 Å². The van der Waals surface area contributed by atoms with E-state index in [1.165, 1.54) is 44.5 Å². The van der Waals surface area contributed by atoms with Gasteiger partial charge in [-0.25, -0.2) is 0 Å². The SMILES string of the molecule is CC1CCC(CO)(CN2CCSC(C)(C)C2)CC1. The number of aliphatic hydroxyl groups excluding tert-OH is 1. The average Bonchev–Trinajstić information content (AvgIpc) is 2.31. The van der Waals surface area contributed by atoms with Crippen LogP contribution in [0.5, 0.6) is 0 Å². The largest absolute Gasteiger partial charge is 0.396 e. The molecule has 0 bridgehead atoms. The lowest BCUT2D eigenvalue weighted by atomic mass is 9.71. The first-order valence-corrected chi connectivity index (χ1v) is 8.40. The zero-order valence-corrected chi connectivity index (χ0v) is 13.1. The fourth-order valence-corrected chi connectivity index (χ4v) is 4.64. The van der Waals surface area contributed by atoms with Gasteiger partial charge in [-0.05, 0) is 32.6 Å². The lowest BCUT2D eigenvalue weighted by Gasteiger charge is -2.45. The molecule has 0 aromatic rings. The minimum absolute atomic E-state index is 0.199. The van der Waals surface area contributed by atoms with Gasteiger partial charge in [0.1, 0.15) is 0 Å². The highest BCUT2D eigenvalue weighted by Gasteiger charge is 2.37. The van der Waals surface area contributed by atoms with E-state index in [1.807, 2.05) is 0 Å². The molecule has 2 fully saturated rings. The van der Waals surface area contributed by atoms with E-state index in [2.05, 4.69) is 37.4 Å². The molecule has 1 N–H and O–H groups in total. The second kappa shape index (κ2) is 5.72. The molecule has 3 heteroatoms. The zero-order chi connectivity index (χ0) is 13.2. The molecule has 0 amide bonds. The lowest BCUT2D eigenvalue weighted by molar-refractivity contribution is 0.0281. The Balaban J connectivity index is 1.93. The molecule has 1 aliphatic heterocycles. The molecular weight excluding hydrogens is 242 g/mol. The number of hydrogen-bond acceptors (Lipinski definition) is 3. The van der Waals surface area contributed by atoms with Gasteiger partial charge in [0.05, 0.1) is 0 Å². The molecule has 0 aromatic carbocycles. The van der Waals surface area contributed by atoms with Crippen LogP contribution in [0.1, 0.15) is 46.5 Å². The van der Waals surface area contributed by atoms with Crippen molar-refractivity contribution in [1.29, 1.82) is 0 Å². The highest BCUT2D eigenvalue weighted by atomic mass is 32.2. The molecule has 2 nitrogen and oxygen atoms in total. The number of hydrogen-bond donors (Lipinski definition) is 1. The zero-order valence-electron chi connectivity index (χ0n) is 12.2. The number of aliphatic hydroxyl groups is 1. The van der Waals surface area contributed by atoms with Gasteiger partial charge in [-0.15, -0.1) is 0 Å². The van der Waals surface area contributed by atoms with Crippen molar-refractivity contribution in [3.05, 3.63) is 0 Å². The maximum absolute atomic E-state index is 9.86. The summed E-state index contributed by atoms with van der Waals surface area (Å²) in [7, 11) is 0. The van der Waals surface area contributed by atoms with Gasteiger partial charge in [0.15, 0.2) is 0 Å². The van der Waals surface area contributed by atoms with Gasteiger partial charge in [-0.2, -0.15) is 11.8 Å². The van der Waals surface area contributed by atoms with Crippen molar-refractivity contribution in [3.8, 4) is 0 Å². The first kappa shape index (κ1) is 14.7. The molecular formula is C15H29NOS. The van der Waals surface area contributed by atoms with Crippen molar-refractivity contribution in [2.45, 2.75) is 51.2 Å². The van der Waals surface area contributed by atoms with Crippen LogP contribution in [-0.4, -0.2) is 46.7 Å². The molecule has 2 aliphatic rings. The quantitative estimate of drug-likeness (QED) is 0.853. The molecule has 18 heavy (non-hydrogen) atoms. The topological polar surface area (TPSA) is 23.5 Å². The molecule has 1 saturated heterocycles. The Morgan fingerprint density at radius 3 is 2.50 bits per heavy atom. The van der Waals surface area contributed by atoms with Gasteiger partial charge in [0, 0.05) is 42.2 Å². The molecule has 0 radical (unpaired) electrons. The maximum atomic E-state index is 9.86. The third-order valence-corrected chi connectivity index (χ3v) is 6.03. The predicted octanol–water partition coefficient (Wildman–Crippen LogP) is 3.00. The Morgan fingerprint density at radius 2 is 1.94 bits per heavy atom. The Morgan fingerprint density at radius 1 is 1.28 bits per heavy atom. The van der Waals surface area contributed by atoms with Crippen LogP contribution in [0.3, 0.4) is 0 Å². The van der Waals surface area contributed by atoms with Gasteiger partial charge >= 0.3 is 0 Å². The Bertz CT molecular complexity index is 272. The van der Waals surface area contributed by atoms with E-state index in [0.717, 1.165) is 12.5 Å². The molecule has 1 heterocycles. The first-order valence-electron chi connectivity index (χ1n) is 7.42. The van der Waals surface area contributed by atoms with Crippen molar-refractivity contribution < 1.29 is 5.11 Å². The molecule has 2 rings (SSSR count). The molecule has 1 aliphatic carbocycles. The molecule has 0 aromatic heterocycles. The Kier molecular flexibility index (Phi) is 4.66. The van der Waals surface area contributed by atoms with Crippen LogP contribution in [0.2, 0.25) is 0 Å². The Labute approximate surface area is 117 Å². The summed E-state index contributed by atoms with van der Waals surface area (Å²) in [5, 5.41) is 9.86. The molecule has 0 spiro atoms. The second-order valence-corrected chi connectivity index (χ2v) is 8.96. The summed E-state index contributed by atoms with van der Waals surface area (Å²) in [6.07, 6.45) is 5.03. The average molecular weight is 271 g/mol. The summed E-state index contributed by atoms with van der Waals surface area (Å²) in [6, 6.07) is 0. The van der Waals surface area contributed by atoms with Crippen molar-refractivity contribution in [1.82, 2.24) is 4.90 Å². The summed E-state index contributed by atoms with van der Waals surface area (Å²) < 4.78 is 0.386. The van der Waals surface area contributed by atoms with Gasteiger partial charge < -0.3 is 10.0 Å². The monoisotopic (exact) mass is 271 g/mol. The van der Waals surface area contributed by atoms with Gasteiger partial charge in [0.25, 0.3) is 0 Å². The van der Waals surface area contributed by atoms with E-state index in [9.17, 15) is 5.11 Å². The summed E-state index contributed by atoms with van der Waals surface area (Å²) >= 11 is 2.09. The number of rotatable bonds is 3. The number of nitrogens with zero attached hydrogens (tertiary/aromatic N) is 1. The summed E-state index contributed by atoms with van der Waals surface area (Å²) in [5.41, 5.74) is 0.199. The minimum atomic E-state index is 0.199. The highest BCUT2D eigenvalue weighted by molar-refractivity contribution is 8.00. The number of thioether (sulfide) groups is 1. The Hall–Kier alpha value is 0.270. The van der Waals surface area contributed by atoms with Crippen molar-refractivity contribution in [2.75, 3.05) is 32.0 Å². The molecule has 106 valence electrons. The van der Waals surface area contributed by atoms with Crippen LogP contribution in [-0.2, 0) is 0 Å². The third-order valence-electron chi connectivity index (χ3n) is 4.73. The first-order chi connectivity index (χ1) is 8.45. The van der Waals surface area contributed by atoms with E-state index < -0.39 is 0 Å².